The molecule has 9 heteroatoms. The van der Waals surface area contributed by atoms with Gasteiger partial charge in [-0.15, -0.1) is 0 Å². The van der Waals surface area contributed by atoms with Crippen LogP contribution in [0.2, 0.25) is 0 Å². The molecule has 0 spiro atoms. The molecule has 0 aliphatic heterocycles. The number of rotatable bonds is 5. The van der Waals surface area contributed by atoms with Crippen molar-refractivity contribution in [1.82, 2.24) is 10.2 Å². The standard InChI is InChI=1S/C11H13F3N2O4/c1-3-19-9(17)7-6(5-11(12,13)14)8(16-15-7)10(18)20-4-2/h3-5H2,1-2H3,(H,15,16). The number of esters is 2. The van der Waals surface area contributed by atoms with Gasteiger partial charge in [0.05, 0.1) is 19.6 Å². The van der Waals surface area contributed by atoms with Gasteiger partial charge >= 0.3 is 18.1 Å². The van der Waals surface area contributed by atoms with Crippen LogP contribution in [0.1, 0.15) is 40.4 Å². The number of alkyl halides is 3. The number of nitrogens with one attached hydrogen (secondary N) is 1. The number of hydrogen-bond donors (Lipinski definition) is 1. The molecule has 1 rings (SSSR count). The topological polar surface area (TPSA) is 81.3 Å². The van der Waals surface area contributed by atoms with Crippen LogP contribution < -0.4 is 0 Å². The van der Waals surface area contributed by atoms with E-state index >= 15 is 0 Å². The van der Waals surface area contributed by atoms with Gasteiger partial charge in [0, 0.05) is 5.56 Å². The summed E-state index contributed by atoms with van der Waals surface area (Å²) in [6.07, 6.45) is -6.09. The highest BCUT2D eigenvalue weighted by Gasteiger charge is 2.35. The first-order valence-electron chi connectivity index (χ1n) is 5.78. The maximum Gasteiger partial charge on any atom is 0.393 e. The summed E-state index contributed by atoms with van der Waals surface area (Å²) in [5, 5.41) is 5.52. The Hall–Kier alpha value is -2.06. The minimum Gasteiger partial charge on any atom is -0.461 e. The van der Waals surface area contributed by atoms with Gasteiger partial charge in [0.2, 0.25) is 0 Å². The molecule has 0 amide bonds. The maximum atomic E-state index is 12.5. The molecular formula is C11H13F3N2O4. The smallest absolute Gasteiger partial charge is 0.393 e. The van der Waals surface area contributed by atoms with E-state index in [9.17, 15) is 22.8 Å². The Morgan fingerprint density at radius 2 is 1.70 bits per heavy atom. The molecule has 112 valence electrons. The van der Waals surface area contributed by atoms with Crippen molar-refractivity contribution in [3.8, 4) is 0 Å². The lowest BCUT2D eigenvalue weighted by Crippen LogP contribution is -2.18. The highest BCUT2D eigenvalue weighted by molar-refractivity contribution is 5.95. The normalized spacial score (nSPS) is 11.2. The van der Waals surface area contributed by atoms with Gasteiger partial charge in [0.1, 0.15) is 5.69 Å². The lowest BCUT2D eigenvalue weighted by molar-refractivity contribution is -0.127. The third kappa shape index (κ3) is 3.97. The van der Waals surface area contributed by atoms with Crippen LogP contribution >= 0.6 is 0 Å². The summed E-state index contributed by atoms with van der Waals surface area (Å²) >= 11 is 0. The molecule has 1 aromatic rings. The van der Waals surface area contributed by atoms with Crippen LogP contribution in [0.3, 0.4) is 0 Å². The fourth-order valence-corrected chi connectivity index (χ4v) is 1.48. The number of halogens is 3. The zero-order chi connectivity index (χ0) is 15.3. The summed E-state index contributed by atoms with van der Waals surface area (Å²) in [4.78, 5) is 23.1. The monoisotopic (exact) mass is 294 g/mol. The van der Waals surface area contributed by atoms with E-state index in [0.29, 0.717) is 0 Å². The fraction of sp³-hybridized carbons (Fsp3) is 0.545. The molecule has 0 fully saturated rings. The Bertz CT molecular complexity index is 461. The second kappa shape index (κ2) is 6.40. The largest absolute Gasteiger partial charge is 0.461 e. The molecule has 0 saturated heterocycles. The van der Waals surface area contributed by atoms with E-state index in [1.54, 1.807) is 0 Å². The number of aromatic amines is 1. The third-order valence-electron chi connectivity index (χ3n) is 2.19. The number of aromatic nitrogens is 2. The van der Waals surface area contributed by atoms with Crippen LogP contribution in [-0.4, -0.2) is 41.5 Å². The van der Waals surface area contributed by atoms with E-state index in [-0.39, 0.29) is 13.2 Å². The molecule has 0 bridgehead atoms. The SMILES string of the molecule is CCOC(=O)c1n[nH]c(C(=O)OCC)c1CC(F)(F)F. The first kappa shape index (κ1) is 16.0. The lowest BCUT2D eigenvalue weighted by Gasteiger charge is -2.08. The van der Waals surface area contributed by atoms with Crippen LogP contribution in [0.15, 0.2) is 0 Å². The molecule has 0 aliphatic rings. The molecule has 0 aliphatic carbocycles. The summed E-state index contributed by atoms with van der Waals surface area (Å²) in [6.45, 7) is 2.97. The van der Waals surface area contributed by atoms with Crippen molar-refractivity contribution in [2.45, 2.75) is 26.4 Å². The molecular weight excluding hydrogens is 281 g/mol. The Balaban J connectivity index is 3.19. The zero-order valence-corrected chi connectivity index (χ0v) is 10.8. The summed E-state index contributed by atoms with van der Waals surface area (Å²) in [6, 6.07) is 0. The molecule has 0 unspecified atom stereocenters. The minimum absolute atomic E-state index is 0.0158. The van der Waals surface area contributed by atoms with Crippen molar-refractivity contribution in [3.05, 3.63) is 17.0 Å². The molecule has 1 heterocycles. The molecule has 1 aromatic heterocycles. The van der Waals surface area contributed by atoms with Crippen LogP contribution in [-0.2, 0) is 15.9 Å². The first-order valence-corrected chi connectivity index (χ1v) is 5.78. The highest BCUT2D eigenvalue weighted by Crippen LogP contribution is 2.25. The molecule has 0 atom stereocenters. The first-order chi connectivity index (χ1) is 9.30. The van der Waals surface area contributed by atoms with Gasteiger partial charge in [0.25, 0.3) is 0 Å². The van der Waals surface area contributed by atoms with Gasteiger partial charge in [-0.2, -0.15) is 18.3 Å². The quantitative estimate of drug-likeness (QED) is 0.838. The van der Waals surface area contributed by atoms with E-state index in [0.717, 1.165) is 0 Å². The number of hydrogen-bond acceptors (Lipinski definition) is 5. The van der Waals surface area contributed by atoms with Crippen LogP contribution in [0.4, 0.5) is 13.2 Å². The molecule has 1 N–H and O–H groups in total. The Morgan fingerprint density at radius 3 is 2.20 bits per heavy atom. The Labute approximate surface area is 112 Å². The molecule has 0 saturated carbocycles. The average molecular weight is 294 g/mol. The summed E-state index contributed by atoms with van der Waals surface area (Å²) < 4.78 is 46.8. The van der Waals surface area contributed by atoms with Crippen molar-refractivity contribution in [2.24, 2.45) is 0 Å². The predicted molar refractivity (Wildman–Crippen MR) is 60.3 cm³/mol. The second-order valence-electron chi connectivity index (χ2n) is 3.66. The van der Waals surface area contributed by atoms with Crippen LogP contribution in [0.25, 0.3) is 0 Å². The van der Waals surface area contributed by atoms with Gasteiger partial charge in [-0.1, -0.05) is 0 Å². The summed E-state index contributed by atoms with van der Waals surface area (Å²) in [5.74, 6) is -2.03. The zero-order valence-electron chi connectivity index (χ0n) is 10.8. The van der Waals surface area contributed by atoms with E-state index < -0.39 is 41.5 Å². The van der Waals surface area contributed by atoms with E-state index in [1.165, 1.54) is 13.8 Å². The Morgan fingerprint density at radius 1 is 1.15 bits per heavy atom. The van der Waals surface area contributed by atoms with Gasteiger partial charge < -0.3 is 9.47 Å². The second-order valence-corrected chi connectivity index (χ2v) is 3.66. The number of nitrogens with zero attached hydrogens (tertiary/aromatic N) is 1. The predicted octanol–water partition coefficient (Wildman–Crippen LogP) is 1.87. The van der Waals surface area contributed by atoms with Crippen LogP contribution in [0.5, 0.6) is 0 Å². The molecule has 0 aromatic carbocycles. The Kier molecular flexibility index (Phi) is 5.12. The van der Waals surface area contributed by atoms with Crippen LogP contribution in [0, 0.1) is 0 Å². The molecule has 20 heavy (non-hydrogen) atoms. The maximum absolute atomic E-state index is 12.5. The number of carbonyl (C=O) groups is 2. The summed E-state index contributed by atoms with van der Waals surface area (Å²) in [5.41, 5.74) is -1.63. The minimum atomic E-state index is -4.60. The van der Waals surface area contributed by atoms with E-state index in [2.05, 4.69) is 19.7 Å². The molecule has 6 nitrogen and oxygen atoms in total. The van der Waals surface area contributed by atoms with Gasteiger partial charge in [0.15, 0.2) is 5.69 Å². The summed E-state index contributed by atoms with van der Waals surface area (Å²) in [7, 11) is 0. The van der Waals surface area contributed by atoms with Gasteiger partial charge in [-0.25, -0.2) is 9.59 Å². The van der Waals surface area contributed by atoms with Crippen molar-refractivity contribution in [2.75, 3.05) is 13.2 Å². The lowest BCUT2D eigenvalue weighted by atomic mass is 10.1. The molecule has 0 radical (unpaired) electrons. The van der Waals surface area contributed by atoms with E-state index in [4.69, 9.17) is 0 Å². The number of ether oxygens (including phenoxy) is 2. The van der Waals surface area contributed by atoms with Gasteiger partial charge in [-0.3, -0.25) is 5.10 Å². The third-order valence-corrected chi connectivity index (χ3v) is 2.19. The highest BCUT2D eigenvalue weighted by atomic mass is 19.4. The fourth-order valence-electron chi connectivity index (χ4n) is 1.48. The van der Waals surface area contributed by atoms with Crippen molar-refractivity contribution in [3.63, 3.8) is 0 Å². The van der Waals surface area contributed by atoms with Crippen molar-refractivity contribution in [1.29, 1.82) is 0 Å². The average Bonchev–Trinajstić information content (AvgIpc) is 2.71. The van der Waals surface area contributed by atoms with E-state index in [1.807, 2.05) is 0 Å². The van der Waals surface area contributed by atoms with Crippen molar-refractivity contribution >= 4 is 11.9 Å². The number of carbonyl (C=O) groups excluding carboxylic acids is 2. The number of H-pyrrole nitrogens is 1. The van der Waals surface area contributed by atoms with Gasteiger partial charge in [-0.05, 0) is 13.8 Å². The van der Waals surface area contributed by atoms with Crippen molar-refractivity contribution < 1.29 is 32.2 Å².